The maximum atomic E-state index is 12.9. The van der Waals surface area contributed by atoms with Crippen molar-refractivity contribution in [3.63, 3.8) is 0 Å². The smallest absolute Gasteiger partial charge is 0.267 e. The second-order valence-corrected chi connectivity index (χ2v) is 3.83. The highest BCUT2D eigenvalue weighted by Crippen LogP contribution is 2.30. The molecule has 1 aromatic heterocycles. The minimum absolute atomic E-state index is 0.111. The molecule has 0 aliphatic rings. The summed E-state index contributed by atoms with van der Waals surface area (Å²) in [5.74, 6) is 0. The molecule has 0 saturated heterocycles. The fourth-order valence-corrected chi connectivity index (χ4v) is 1.74. The summed E-state index contributed by atoms with van der Waals surface area (Å²) in [5.41, 5.74) is 1.09. The first-order valence-electron chi connectivity index (χ1n) is 5.56. The summed E-state index contributed by atoms with van der Waals surface area (Å²) in [6, 6.07) is 6.50. The van der Waals surface area contributed by atoms with Crippen LogP contribution in [0.4, 0.5) is 8.78 Å². The number of benzene rings is 1. The number of halogens is 2. The lowest BCUT2D eigenvalue weighted by molar-refractivity contribution is 0.112. The van der Waals surface area contributed by atoms with E-state index in [-0.39, 0.29) is 11.3 Å². The van der Waals surface area contributed by atoms with Gasteiger partial charge in [0.2, 0.25) is 0 Å². The van der Waals surface area contributed by atoms with Gasteiger partial charge in [-0.15, -0.1) is 0 Å². The number of hydrogen-bond donors (Lipinski definition) is 0. The first-order valence-corrected chi connectivity index (χ1v) is 5.56. The molecule has 94 valence electrons. The van der Waals surface area contributed by atoms with Gasteiger partial charge in [0.05, 0.1) is 5.56 Å². The third-order valence-corrected chi connectivity index (χ3v) is 2.65. The second kappa shape index (κ2) is 5.08. The first-order chi connectivity index (χ1) is 8.65. The van der Waals surface area contributed by atoms with Gasteiger partial charge in [-0.2, -0.15) is 5.10 Å². The van der Waals surface area contributed by atoms with Gasteiger partial charge in [0, 0.05) is 23.9 Å². The second-order valence-electron chi connectivity index (χ2n) is 3.83. The first kappa shape index (κ1) is 12.4. The summed E-state index contributed by atoms with van der Waals surface area (Å²) < 4.78 is 27.3. The molecule has 3 nitrogen and oxygen atoms in total. The van der Waals surface area contributed by atoms with E-state index in [1.54, 1.807) is 24.3 Å². The van der Waals surface area contributed by atoms with Crippen molar-refractivity contribution in [1.82, 2.24) is 9.78 Å². The van der Waals surface area contributed by atoms with Crippen LogP contribution in [0.1, 0.15) is 29.3 Å². The van der Waals surface area contributed by atoms with E-state index in [0.29, 0.717) is 24.0 Å². The Balaban J connectivity index is 2.54. The topological polar surface area (TPSA) is 34.9 Å². The Morgan fingerprint density at radius 1 is 1.44 bits per heavy atom. The molecule has 0 spiro atoms. The number of rotatable bonds is 4. The molecule has 1 heterocycles. The van der Waals surface area contributed by atoms with Crippen LogP contribution < -0.4 is 0 Å². The Bertz CT molecular complexity index is 564. The van der Waals surface area contributed by atoms with Crippen molar-refractivity contribution in [1.29, 1.82) is 0 Å². The van der Waals surface area contributed by atoms with Gasteiger partial charge in [-0.25, -0.2) is 8.78 Å². The van der Waals surface area contributed by atoms with Crippen LogP contribution in [0.25, 0.3) is 11.3 Å². The molecule has 2 aromatic rings. The monoisotopic (exact) mass is 250 g/mol. The summed E-state index contributed by atoms with van der Waals surface area (Å²) in [4.78, 5) is 10.7. The zero-order chi connectivity index (χ0) is 13.1. The van der Waals surface area contributed by atoms with Gasteiger partial charge in [-0.3, -0.25) is 9.48 Å². The van der Waals surface area contributed by atoms with Crippen molar-refractivity contribution in [2.24, 2.45) is 0 Å². The highest BCUT2D eigenvalue weighted by Gasteiger charge is 2.18. The zero-order valence-electron chi connectivity index (χ0n) is 9.81. The Hall–Kier alpha value is -2.04. The van der Waals surface area contributed by atoms with Crippen LogP contribution in [0.15, 0.2) is 30.5 Å². The number of aryl methyl sites for hydroxylation is 1. The number of carbonyl (C=O) groups excluding carboxylic acids is 1. The molecule has 1 aromatic carbocycles. The maximum Gasteiger partial charge on any atom is 0.267 e. The predicted molar refractivity (Wildman–Crippen MR) is 63.7 cm³/mol. The molecule has 0 fully saturated rings. The van der Waals surface area contributed by atoms with Gasteiger partial charge < -0.3 is 0 Å². The molecule has 0 aliphatic carbocycles. The molecular weight excluding hydrogens is 238 g/mol. The lowest BCUT2D eigenvalue weighted by Crippen LogP contribution is -1.94. The Morgan fingerprint density at radius 3 is 2.83 bits per heavy atom. The highest BCUT2D eigenvalue weighted by atomic mass is 19.3. The maximum absolute atomic E-state index is 12.9. The Morgan fingerprint density at radius 2 is 2.22 bits per heavy atom. The Labute approximate surface area is 103 Å². The van der Waals surface area contributed by atoms with Gasteiger partial charge in [0.1, 0.15) is 12.0 Å². The molecule has 0 N–H and O–H groups in total. The fraction of sp³-hybridized carbons (Fsp3) is 0.231. The van der Waals surface area contributed by atoms with Gasteiger partial charge in [0.15, 0.2) is 0 Å². The molecule has 18 heavy (non-hydrogen) atoms. The van der Waals surface area contributed by atoms with Crippen molar-refractivity contribution in [2.75, 3.05) is 0 Å². The zero-order valence-corrected chi connectivity index (χ0v) is 9.81. The van der Waals surface area contributed by atoms with Crippen LogP contribution in [0.3, 0.4) is 0 Å². The van der Waals surface area contributed by atoms with Crippen LogP contribution in [0.2, 0.25) is 0 Å². The average Bonchev–Trinajstić information content (AvgIpc) is 2.83. The van der Waals surface area contributed by atoms with Crippen LogP contribution in [-0.4, -0.2) is 16.1 Å². The lowest BCUT2D eigenvalue weighted by Gasteiger charge is -2.01. The van der Waals surface area contributed by atoms with E-state index in [0.717, 1.165) is 0 Å². The minimum atomic E-state index is -2.58. The number of carbonyl (C=O) groups is 1. The summed E-state index contributed by atoms with van der Waals surface area (Å²) in [5, 5.41) is 4.12. The summed E-state index contributed by atoms with van der Waals surface area (Å²) in [7, 11) is 0. The molecule has 0 bridgehead atoms. The largest absolute Gasteiger partial charge is 0.298 e. The quantitative estimate of drug-likeness (QED) is 0.780. The number of alkyl halides is 2. The van der Waals surface area contributed by atoms with E-state index < -0.39 is 6.43 Å². The summed E-state index contributed by atoms with van der Waals surface area (Å²) >= 11 is 0. The number of aldehydes is 1. The number of nitrogens with zero attached hydrogens (tertiary/aromatic N) is 2. The van der Waals surface area contributed by atoms with E-state index >= 15 is 0 Å². The molecule has 5 heteroatoms. The van der Waals surface area contributed by atoms with Crippen molar-refractivity contribution >= 4 is 6.29 Å². The van der Waals surface area contributed by atoms with Gasteiger partial charge >= 0.3 is 0 Å². The van der Waals surface area contributed by atoms with E-state index in [2.05, 4.69) is 5.10 Å². The minimum Gasteiger partial charge on any atom is -0.298 e. The lowest BCUT2D eigenvalue weighted by atomic mass is 10.1. The molecule has 0 amide bonds. The van der Waals surface area contributed by atoms with Gasteiger partial charge in [0.25, 0.3) is 6.43 Å². The predicted octanol–water partition coefficient (Wildman–Crippen LogP) is 3.32. The van der Waals surface area contributed by atoms with Crippen LogP contribution in [0.5, 0.6) is 0 Å². The van der Waals surface area contributed by atoms with Gasteiger partial charge in [-0.05, 0) is 13.0 Å². The molecule has 0 radical (unpaired) electrons. The molecule has 0 atom stereocenters. The summed E-state index contributed by atoms with van der Waals surface area (Å²) in [6.07, 6.45) is -0.559. The Kier molecular flexibility index (Phi) is 3.50. The van der Waals surface area contributed by atoms with E-state index in [9.17, 15) is 13.6 Å². The molecule has 0 aliphatic heterocycles. The van der Waals surface area contributed by atoms with E-state index in [4.69, 9.17) is 0 Å². The summed E-state index contributed by atoms with van der Waals surface area (Å²) in [6.45, 7) is 2.35. The van der Waals surface area contributed by atoms with Crippen molar-refractivity contribution in [3.05, 3.63) is 41.6 Å². The normalized spacial score (nSPS) is 10.9. The number of hydrogen-bond acceptors (Lipinski definition) is 2. The molecule has 0 saturated carbocycles. The standard InChI is InChI=1S/C13H12F2N2O/c1-2-17-7-11(13(14)15)12(16-17)10-5-3-4-9(6-10)8-18/h3-8,13H,2H2,1H3. The van der Waals surface area contributed by atoms with E-state index in [1.807, 2.05) is 6.92 Å². The number of aromatic nitrogens is 2. The van der Waals surface area contributed by atoms with Crippen LogP contribution >= 0.6 is 0 Å². The third kappa shape index (κ3) is 2.30. The van der Waals surface area contributed by atoms with Crippen molar-refractivity contribution < 1.29 is 13.6 Å². The van der Waals surface area contributed by atoms with Crippen molar-refractivity contribution in [2.45, 2.75) is 19.9 Å². The van der Waals surface area contributed by atoms with E-state index in [1.165, 1.54) is 10.9 Å². The third-order valence-electron chi connectivity index (χ3n) is 2.65. The molecule has 2 rings (SSSR count). The highest BCUT2D eigenvalue weighted by molar-refractivity contribution is 5.78. The van der Waals surface area contributed by atoms with Crippen LogP contribution in [-0.2, 0) is 6.54 Å². The fourth-order valence-electron chi connectivity index (χ4n) is 1.74. The van der Waals surface area contributed by atoms with Crippen molar-refractivity contribution in [3.8, 4) is 11.3 Å². The SMILES string of the molecule is CCn1cc(C(F)F)c(-c2cccc(C=O)c2)n1. The average molecular weight is 250 g/mol. The van der Waals surface area contributed by atoms with Crippen LogP contribution in [0, 0.1) is 0 Å². The molecular formula is C13H12F2N2O. The van der Waals surface area contributed by atoms with Gasteiger partial charge in [-0.1, -0.05) is 18.2 Å². The molecule has 0 unspecified atom stereocenters.